The van der Waals surface area contributed by atoms with Gasteiger partial charge in [0.15, 0.2) is 0 Å². The molecule has 3 rings (SSSR count). The maximum absolute atomic E-state index is 9.33. The minimum Gasteiger partial charge on any atom is -0.508 e. The molecule has 0 spiro atoms. The molecule has 3 aromatic carbocycles. The predicted octanol–water partition coefficient (Wildman–Crippen LogP) is 5.44. The van der Waals surface area contributed by atoms with Crippen molar-refractivity contribution in [3.05, 3.63) is 95.1 Å². The average Bonchev–Trinajstić information content (AvgIpc) is 2.61. The maximum atomic E-state index is 9.33. The van der Waals surface area contributed by atoms with Gasteiger partial charge >= 0.3 is 0 Å². The van der Waals surface area contributed by atoms with Crippen LogP contribution in [0.1, 0.15) is 22.3 Å². The summed E-state index contributed by atoms with van der Waals surface area (Å²) in [6.45, 7) is 0. The fraction of sp³-hybridized carbons (Fsp3) is 0. The van der Waals surface area contributed by atoms with E-state index in [9.17, 15) is 10.2 Å². The number of phenolic OH excluding ortho intramolecular Hbond substituents is 2. The number of phenols is 2. The van der Waals surface area contributed by atoms with Gasteiger partial charge in [-0.2, -0.15) is 0 Å². The van der Waals surface area contributed by atoms with Gasteiger partial charge in [-0.15, -0.1) is 0 Å². The lowest BCUT2D eigenvalue weighted by atomic mass is 10.0. The third kappa shape index (κ3) is 4.14. The molecule has 0 fully saturated rings. The van der Waals surface area contributed by atoms with Crippen molar-refractivity contribution in [3.8, 4) is 11.5 Å². The van der Waals surface area contributed by atoms with Crippen LogP contribution in [0.5, 0.6) is 11.5 Å². The minimum atomic E-state index is 0.268. The summed E-state index contributed by atoms with van der Waals surface area (Å²) in [5.41, 5.74) is 4.29. The highest BCUT2D eigenvalue weighted by Gasteiger charge is 1.96. The summed E-state index contributed by atoms with van der Waals surface area (Å²) in [5.74, 6) is 0.536. The van der Waals surface area contributed by atoms with E-state index < -0.39 is 0 Å². The van der Waals surface area contributed by atoms with Gasteiger partial charge in [-0.1, -0.05) is 72.8 Å². The summed E-state index contributed by atoms with van der Waals surface area (Å²) in [5, 5.41) is 18.7. The molecule has 0 aliphatic heterocycles. The van der Waals surface area contributed by atoms with Crippen LogP contribution in [-0.4, -0.2) is 10.2 Å². The third-order valence-electron chi connectivity index (χ3n) is 3.69. The molecule has 0 radical (unpaired) electrons. The highest BCUT2D eigenvalue weighted by Crippen LogP contribution is 2.18. The van der Waals surface area contributed by atoms with Crippen molar-refractivity contribution in [2.24, 2.45) is 0 Å². The van der Waals surface area contributed by atoms with E-state index in [1.165, 1.54) is 0 Å². The lowest BCUT2D eigenvalue weighted by molar-refractivity contribution is 0.474. The second-order valence-electron chi connectivity index (χ2n) is 5.48. The Balaban J connectivity index is 1.82. The Labute approximate surface area is 141 Å². The number of hydrogen-bond donors (Lipinski definition) is 2. The molecule has 118 valence electrons. The Kier molecular flexibility index (Phi) is 4.78. The number of hydrogen-bond acceptors (Lipinski definition) is 2. The first-order valence-corrected chi connectivity index (χ1v) is 7.74. The highest BCUT2D eigenvalue weighted by molar-refractivity contribution is 5.79. The first kappa shape index (κ1) is 15.6. The zero-order chi connectivity index (χ0) is 16.8. The summed E-state index contributed by atoms with van der Waals surface area (Å²) < 4.78 is 0. The Morgan fingerprint density at radius 1 is 0.458 bits per heavy atom. The van der Waals surface area contributed by atoms with Crippen molar-refractivity contribution >= 4 is 24.3 Å². The van der Waals surface area contributed by atoms with Crippen LogP contribution >= 0.6 is 0 Å². The molecule has 0 heterocycles. The monoisotopic (exact) mass is 314 g/mol. The first-order valence-electron chi connectivity index (χ1n) is 7.74. The van der Waals surface area contributed by atoms with E-state index >= 15 is 0 Å². The van der Waals surface area contributed by atoms with Gasteiger partial charge in [0.25, 0.3) is 0 Å². The van der Waals surface area contributed by atoms with Crippen LogP contribution in [0, 0.1) is 0 Å². The molecule has 0 bridgehead atoms. The second-order valence-corrected chi connectivity index (χ2v) is 5.48. The van der Waals surface area contributed by atoms with Crippen LogP contribution in [0.4, 0.5) is 0 Å². The van der Waals surface area contributed by atoms with Crippen molar-refractivity contribution in [2.45, 2.75) is 0 Å². The SMILES string of the molecule is Oc1ccc(/C=C/c2ccccc2/C=C/c2ccc(O)cc2)cc1. The Morgan fingerprint density at radius 2 is 0.833 bits per heavy atom. The zero-order valence-electron chi connectivity index (χ0n) is 13.1. The van der Waals surface area contributed by atoms with Gasteiger partial charge in [0.2, 0.25) is 0 Å². The molecule has 24 heavy (non-hydrogen) atoms. The Hall–Kier alpha value is -3.26. The van der Waals surface area contributed by atoms with Gasteiger partial charge in [0, 0.05) is 0 Å². The summed E-state index contributed by atoms with van der Waals surface area (Å²) in [6.07, 6.45) is 8.16. The van der Waals surface area contributed by atoms with Crippen molar-refractivity contribution in [1.82, 2.24) is 0 Å². The van der Waals surface area contributed by atoms with Gasteiger partial charge in [0.05, 0.1) is 0 Å². The summed E-state index contributed by atoms with van der Waals surface area (Å²) in [6, 6.07) is 22.4. The van der Waals surface area contributed by atoms with Gasteiger partial charge < -0.3 is 10.2 Å². The summed E-state index contributed by atoms with van der Waals surface area (Å²) >= 11 is 0. The maximum Gasteiger partial charge on any atom is 0.115 e. The molecule has 0 saturated carbocycles. The normalized spacial score (nSPS) is 11.3. The molecule has 2 nitrogen and oxygen atoms in total. The lowest BCUT2D eigenvalue weighted by Gasteiger charge is -2.01. The van der Waals surface area contributed by atoms with Gasteiger partial charge in [-0.3, -0.25) is 0 Å². The number of benzene rings is 3. The molecular weight excluding hydrogens is 296 g/mol. The topological polar surface area (TPSA) is 40.5 Å². The van der Waals surface area contributed by atoms with Crippen molar-refractivity contribution in [2.75, 3.05) is 0 Å². The Morgan fingerprint density at radius 3 is 1.21 bits per heavy atom. The van der Waals surface area contributed by atoms with E-state index in [4.69, 9.17) is 0 Å². The van der Waals surface area contributed by atoms with Crippen molar-refractivity contribution in [1.29, 1.82) is 0 Å². The number of aromatic hydroxyl groups is 2. The zero-order valence-corrected chi connectivity index (χ0v) is 13.1. The molecule has 0 aromatic heterocycles. The van der Waals surface area contributed by atoms with Gasteiger partial charge in [-0.25, -0.2) is 0 Å². The van der Waals surface area contributed by atoms with Gasteiger partial charge in [0.1, 0.15) is 11.5 Å². The third-order valence-corrected chi connectivity index (χ3v) is 3.69. The van der Waals surface area contributed by atoms with Crippen LogP contribution in [0.2, 0.25) is 0 Å². The van der Waals surface area contributed by atoms with Crippen LogP contribution in [-0.2, 0) is 0 Å². The average molecular weight is 314 g/mol. The molecule has 0 atom stereocenters. The van der Waals surface area contributed by atoms with Gasteiger partial charge in [-0.05, 0) is 46.5 Å². The molecule has 0 unspecified atom stereocenters. The van der Waals surface area contributed by atoms with E-state index in [0.717, 1.165) is 22.3 Å². The first-order chi connectivity index (χ1) is 11.7. The smallest absolute Gasteiger partial charge is 0.115 e. The van der Waals surface area contributed by atoms with E-state index in [1.807, 2.05) is 48.6 Å². The summed E-state index contributed by atoms with van der Waals surface area (Å²) in [7, 11) is 0. The largest absolute Gasteiger partial charge is 0.508 e. The van der Waals surface area contributed by atoms with E-state index in [0.29, 0.717) is 0 Å². The second kappa shape index (κ2) is 7.34. The van der Waals surface area contributed by atoms with Crippen LogP contribution in [0.3, 0.4) is 0 Å². The van der Waals surface area contributed by atoms with Crippen molar-refractivity contribution in [3.63, 3.8) is 0 Å². The lowest BCUT2D eigenvalue weighted by Crippen LogP contribution is -1.80. The van der Waals surface area contributed by atoms with E-state index in [2.05, 4.69) is 24.3 Å². The van der Waals surface area contributed by atoms with Crippen LogP contribution < -0.4 is 0 Å². The molecule has 0 aliphatic rings. The molecule has 2 N–H and O–H groups in total. The number of rotatable bonds is 4. The molecule has 0 saturated heterocycles. The van der Waals surface area contributed by atoms with Crippen LogP contribution in [0.25, 0.3) is 24.3 Å². The van der Waals surface area contributed by atoms with Crippen LogP contribution in [0.15, 0.2) is 72.8 Å². The standard InChI is InChI=1S/C22H18O2/c23-21-13-7-17(8-14-21)5-11-19-3-1-2-4-20(19)12-6-18-9-15-22(24)16-10-18/h1-16,23-24H/b11-5+,12-6+. The molecule has 0 amide bonds. The van der Waals surface area contributed by atoms with E-state index in [1.54, 1.807) is 24.3 Å². The molecule has 3 aromatic rings. The van der Waals surface area contributed by atoms with E-state index in [-0.39, 0.29) is 11.5 Å². The highest BCUT2D eigenvalue weighted by atomic mass is 16.3. The predicted molar refractivity (Wildman–Crippen MR) is 101 cm³/mol. The fourth-order valence-electron chi connectivity index (χ4n) is 2.36. The quantitative estimate of drug-likeness (QED) is 0.630. The molecule has 2 heteroatoms. The Bertz CT molecular complexity index is 783. The minimum absolute atomic E-state index is 0.268. The fourth-order valence-corrected chi connectivity index (χ4v) is 2.36. The summed E-state index contributed by atoms with van der Waals surface area (Å²) in [4.78, 5) is 0. The molecular formula is C22H18O2. The molecule has 0 aliphatic carbocycles. The van der Waals surface area contributed by atoms with Crippen molar-refractivity contribution < 1.29 is 10.2 Å².